The van der Waals surface area contributed by atoms with Gasteiger partial charge in [-0.05, 0) is 65.4 Å². The third kappa shape index (κ3) is 5.34. The molecule has 1 aromatic heterocycles. The van der Waals surface area contributed by atoms with Gasteiger partial charge in [0.15, 0.2) is 0 Å². The zero-order valence-electron chi connectivity index (χ0n) is 17.1. The van der Waals surface area contributed by atoms with E-state index in [-0.39, 0.29) is 5.82 Å². The molecule has 4 rings (SSSR count). The molecular formula is C27H22FN3. The maximum atomic E-state index is 13.2. The second kappa shape index (κ2) is 9.69. The van der Waals surface area contributed by atoms with Crippen LogP contribution in [0.2, 0.25) is 0 Å². The van der Waals surface area contributed by atoms with E-state index in [9.17, 15) is 4.39 Å². The summed E-state index contributed by atoms with van der Waals surface area (Å²) >= 11 is 0. The lowest BCUT2D eigenvalue weighted by atomic mass is 9.96. The maximum Gasteiger partial charge on any atom is 0.123 e. The number of aryl methyl sites for hydroxylation is 1. The van der Waals surface area contributed by atoms with Crippen molar-refractivity contribution in [2.45, 2.75) is 19.4 Å². The summed E-state index contributed by atoms with van der Waals surface area (Å²) in [5.41, 5.74) is 6.15. The lowest BCUT2D eigenvalue weighted by molar-refractivity contribution is 0.627. The number of allylic oxidation sites excluding steroid dienone is 1. The van der Waals surface area contributed by atoms with Crippen LogP contribution in [-0.4, -0.2) is 9.55 Å². The molecule has 0 unspecified atom stereocenters. The molecule has 31 heavy (non-hydrogen) atoms. The highest BCUT2D eigenvalue weighted by molar-refractivity contribution is 5.81. The van der Waals surface area contributed by atoms with Gasteiger partial charge in [0.2, 0.25) is 0 Å². The second-order valence-electron chi connectivity index (χ2n) is 7.42. The van der Waals surface area contributed by atoms with Gasteiger partial charge in [0, 0.05) is 6.54 Å². The van der Waals surface area contributed by atoms with Gasteiger partial charge in [-0.25, -0.2) is 9.37 Å². The van der Waals surface area contributed by atoms with Crippen LogP contribution in [0.15, 0.2) is 91.4 Å². The van der Waals surface area contributed by atoms with Gasteiger partial charge in [0.1, 0.15) is 5.82 Å². The van der Waals surface area contributed by atoms with E-state index < -0.39 is 0 Å². The molecule has 1 heterocycles. The molecule has 152 valence electrons. The van der Waals surface area contributed by atoms with Crippen molar-refractivity contribution in [2.24, 2.45) is 0 Å². The average Bonchev–Trinajstić information content (AvgIpc) is 3.25. The Morgan fingerprint density at radius 1 is 0.935 bits per heavy atom. The first-order valence-electron chi connectivity index (χ1n) is 10.2. The third-order valence-electron chi connectivity index (χ3n) is 5.24. The van der Waals surface area contributed by atoms with Crippen LogP contribution in [0, 0.1) is 17.1 Å². The number of rotatable bonds is 7. The minimum absolute atomic E-state index is 0.226. The first-order valence-corrected chi connectivity index (χ1v) is 10.2. The van der Waals surface area contributed by atoms with Crippen molar-refractivity contribution in [3.05, 3.63) is 125 Å². The van der Waals surface area contributed by atoms with Crippen molar-refractivity contribution in [3.8, 4) is 6.07 Å². The van der Waals surface area contributed by atoms with Crippen LogP contribution in [0.4, 0.5) is 4.39 Å². The minimum Gasteiger partial charge on any atom is -0.327 e. The fraction of sp³-hybridized carbons (Fsp3) is 0.111. The van der Waals surface area contributed by atoms with Gasteiger partial charge in [0.05, 0.1) is 29.9 Å². The molecule has 4 aromatic rings. The Kier molecular flexibility index (Phi) is 6.35. The maximum absolute atomic E-state index is 13.2. The van der Waals surface area contributed by atoms with Crippen molar-refractivity contribution in [1.82, 2.24) is 9.55 Å². The average molecular weight is 407 g/mol. The number of nitriles is 1. The normalized spacial score (nSPS) is 11.3. The molecule has 0 bridgehead atoms. The van der Waals surface area contributed by atoms with Crippen LogP contribution in [0.25, 0.3) is 11.6 Å². The molecule has 0 saturated carbocycles. The third-order valence-corrected chi connectivity index (χ3v) is 5.24. The summed E-state index contributed by atoms with van der Waals surface area (Å²) < 4.78 is 15.4. The van der Waals surface area contributed by atoms with Gasteiger partial charge < -0.3 is 4.57 Å². The summed E-state index contributed by atoms with van der Waals surface area (Å²) in [5.74, 6) is -0.226. The minimum atomic E-state index is -0.226. The number of benzene rings is 3. The van der Waals surface area contributed by atoms with E-state index in [1.54, 1.807) is 0 Å². The van der Waals surface area contributed by atoms with E-state index in [4.69, 9.17) is 5.26 Å². The lowest BCUT2D eigenvalue weighted by Crippen LogP contribution is -2.00. The molecule has 0 aliphatic carbocycles. The highest BCUT2D eigenvalue weighted by atomic mass is 19.1. The van der Waals surface area contributed by atoms with Gasteiger partial charge >= 0.3 is 0 Å². The largest absolute Gasteiger partial charge is 0.327 e. The number of imidazole rings is 1. The molecule has 0 atom stereocenters. The molecular weight excluding hydrogens is 385 g/mol. The summed E-state index contributed by atoms with van der Waals surface area (Å²) in [6.45, 7) is 0.741. The topological polar surface area (TPSA) is 41.6 Å². The summed E-state index contributed by atoms with van der Waals surface area (Å²) in [6, 6.07) is 26.7. The van der Waals surface area contributed by atoms with Gasteiger partial charge in [-0.15, -0.1) is 0 Å². The van der Waals surface area contributed by atoms with E-state index >= 15 is 0 Å². The van der Waals surface area contributed by atoms with Crippen LogP contribution in [-0.2, 0) is 13.0 Å². The van der Waals surface area contributed by atoms with Gasteiger partial charge in [-0.3, -0.25) is 0 Å². The smallest absolute Gasteiger partial charge is 0.123 e. The molecule has 3 aromatic carbocycles. The predicted molar refractivity (Wildman–Crippen MR) is 122 cm³/mol. The van der Waals surface area contributed by atoms with E-state index in [2.05, 4.69) is 33.8 Å². The summed E-state index contributed by atoms with van der Waals surface area (Å²) in [5, 5.41) is 9.12. The Bertz CT molecular complexity index is 1200. The molecule has 0 radical (unpaired) electrons. The Morgan fingerprint density at radius 3 is 2.39 bits per heavy atom. The molecule has 0 N–H and O–H groups in total. The van der Waals surface area contributed by atoms with Crippen LogP contribution in [0.5, 0.6) is 0 Å². The quantitative estimate of drug-likeness (QED) is 0.371. The van der Waals surface area contributed by atoms with E-state index in [0.29, 0.717) is 5.56 Å². The Morgan fingerprint density at radius 2 is 1.68 bits per heavy atom. The highest BCUT2D eigenvalue weighted by Crippen LogP contribution is 2.25. The number of hydrogen-bond donors (Lipinski definition) is 0. The van der Waals surface area contributed by atoms with E-state index in [0.717, 1.165) is 41.8 Å². The summed E-state index contributed by atoms with van der Waals surface area (Å²) in [6.07, 6.45) is 7.44. The molecule has 0 fully saturated rings. The highest BCUT2D eigenvalue weighted by Gasteiger charge is 2.08. The number of halogens is 1. The predicted octanol–water partition coefficient (Wildman–Crippen LogP) is 6.12. The van der Waals surface area contributed by atoms with Crippen LogP contribution >= 0.6 is 0 Å². The zero-order valence-corrected chi connectivity index (χ0v) is 17.1. The molecule has 0 spiro atoms. The summed E-state index contributed by atoms with van der Waals surface area (Å²) in [7, 11) is 0. The van der Waals surface area contributed by atoms with Crippen molar-refractivity contribution in [1.29, 1.82) is 5.26 Å². The van der Waals surface area contributed by atoms with Gasteiger partial charge in [-0.1, -0.05) is 54.6 Å². The first kappa shape index (κ1) is 20.3. The molecule has 3 nitrogen and oxygen atoms in total. The van der Waals surface area contributed by atoms with Gasteiger partial charge in [-0.2, -0.15) is 5.26 Å². The van der Waals surface area contributed by atoms with Crippen molar-refractivity contribution in [3.63, 3.8) is 0 Å². The Hall–Kier alpha value is -3.97. The molecule has 0 aliphatic heterocycles. The van der Waals surface area contributed by atoms with Crippen LogP contribution in [0.1, 0.15) is 34.4 Å². The van der Waals surface area contributed by atoms with Gasteiger partial charge in [0.25, 0.3) is 0 Å². The van der Waals surface area contributed by atoms with Crippen molar-refractivity contribution < 1.29 is 4.39 Å². The molecule has 0 amide bonds. The van der Waals surface area contributed by atoms with Crippen LogP contribution < -0.4 is 0 Å². The number of aromatic nitrogens is 2. The lowest BCUT2D eigenvalue weighted by Gasteiger charge is -2.11. The number of nitrogens with zero attached hydrogens (tertiary/aromatic N) is 3. The van der Waals surface area contributed by atoms with E-state index in [1.165, 1.54) is 17.7 Å². The molecule has 4 heteroatoms. The zero-order chi connectivity index (χ0) is 21.5. The Labute approximate surface area is 181 Å². The molecule has 0 saturated heterocycles. The second-order valence-corrected chi connectivity index (χ2v) is 7.42. The first-order chi connectivity index (χ1) is 15.2. The fourth-order valence-electron chi connectivity index (χ4n) is 3.53. The van der Waals surface area contributed by atoms with Crippen molar-refractivity contribution >= 4 is 11.6 Å². The SMILES string of the molecule is N#Cc1ccc(/C(=C/c2cncn2Cc2ccccc2)CCc2ccc(F)cc2)cc1. The van der Waals surface area contributed by atoms with E-state index in [1.807, 2.05) is 67.1 Å². The summed E-state index contributed by atoms with van der Waals surface area (Å²) in [4.78, 5) is 4.35. The molecule has 0 aliphatic rings. The number of hydrogen-bond acceptors (Lipinski definition) is 2. The van der Waals surface area contributed by atoms with Crippen LogP contribution in [0.3, 0.4) is 0 Å². The fourth-order valence-corrected chi connectivity index (χ4v) is 3.53. The monoisotopic (exact) mass is 407 g/mol. The standard InChI is InChI=1S/C27H22FN3/c28-26-14-9-21(10-15-26)6-13-25(24-11-7-22(17-29)8-12-24)16-27-18-30-20-31(27)19-23-4-2-1-3-5-23/h1-5,7-12,14-16,18,20H,6,13,19H2/b25-16+. The Balaban J connectivity index is 1.63. The van der Waals surface area contributed by atoms with Crippen molar-refractivity contribution in [2.75, 3.05) is 0 Å².